The number of carbonyl (C=O) groups is 1. The van der Waals surface area contributed by atoms with E-state index in [2.05, 4.69) is 12.2 Å². The molecule has 0 aliphatic heterocycles. The van der Waals surface area contributed by atoms with Crippen molar-refractivity contribution in [3.8, 4) is 11.5 Å². The number of ether oxygens (including phenoxy) is 2. The Hall–Kier alpha value is -3.54. The van der Waals surface area contributed by atoms with E-state index in [1.54, 1.807) is 37.4 Å². The van der Waals surface area contributed by atoms with Crippen LogP contribution in [-0.2, 0) is 19.7 Å². The highest BCUT2D eigenvalue weighted by molar-refractivity contribution is 5.94. The number of aryl methyl sites for hydroxylation is 1. The molecule has 0 radical (unpaired) electrons. The molecule has 0 aliphatic carbocycles. The fourth-order valence-corrected chi connectivity index (χ4v) is 3.44. The molecule has 0 saturated heterocycles. The second-order valence-electron chi connectivity index (χ2n) is 7.27. The summed E-state index contributed by atoms with van der Waals surface area (Å²) in [5.41, 5.74) is 2.77. The Morgan fingerprint density at radius 1 is 1.06 bits per heavy atom. The van der Waals surface area contributed by atoms with Gasteiger partial charge in [-0.25, -0.2) is 0 Å². The van der Waals surface area contributed by atoms with Crippen LogP contribution in [0.5, 0.6) is 11.5 Å². The summed E-state index contributed by atoms with van der Waals surface area (Å²) < 4.78 is 13.2. The van der Waals surface area contributed by atoms with Gasteiger partial charge < -0.3 is 19.4 Å². The highest BCUT2D eigenvalue weighted by atomic mass is 16.5. The molecule has 162 valence electrons. The molecular formula is C25H28N2O4. The molecule has 1 N–H and O–H groups in total. The van der Waals surface area contributed by atoms with Gasteiger partial charge in [-0.05, 0) is 37.1 Å². The lowest BCUT2D eigenvalue weighted by Crippen LogP contribution is -2.28. The minimum Gasteiger partial charge on any atom is -0.497 e. The van der Waals surface area contributed by atoms with Gasteiger partial charge in [-0.3, -0.25) is 9.59 Å². The topological polar surface area (TPSA) is 69.6 Å². The lowest BCUT2D eigenvalue weighted by atomic mass is 10.2. The third-order valence-electron chi connectivity index (χ3n) is 5.00. The summed E-state index contributed by atoms with van der Waals surface area (Å²) in [5, 5.41) is 2.92. The van der Waals surface area contributed by atoms with Crippen LogP contribution in [0.3, 0.4) is 0 Å². The van der Waals surface area contributed by atoms with Crippen molar-refractivity contribution in [3.05, 3.63) is 93.4 Å². The molecule has 31 heavy (non-hydrogen) atoms. The molecule has 0 fully saturated rings. The standard InChI is InChI=1S/C25H28N2O4/c1-4-13-27-18(2)14-23(28)24(31-17-19-9-6-5-7-10-19)22(27)16-26-25(29)20-11-8-12-21(15-20)30-3/h5-12,14-15H,4,13,16-17H2,1-3H3,(H,26,29). The van der Waals surface area contributed by atoms with Crippen LogP contribution in [0.4, 0.5) is 0 Å². The van der Waals surface area contributed by atoms with Gasteiger partial charge in [0.15, 0.2) is 5.75 Å². The monoisotopic (exact) mass is 420 g/mol. The van der Waals surface area contributed by atoms with Gasteiger partial charge in [0.2, 0.25) is 5.43 Å². The van der Waals surface area contributed by atoms with Crippen LogP contribution in [-0.4, -0.2) is 17.6 Å². The zero-order chi connectivity index (χ0) is 22.2. The molecule has 3 rings (SSSR count). The van der Waals surface area contributed by atoms with E-state index in [9.17, 15) is 9.59 Å². The number of pyridine rings is 1. The summed E-state index contributed by atoms with van der Waals surface area (Å²) >= 11 is 0. The van der Waals surface area contributed by atoms with Crippen molar-refractivity contribution in [2.75, 3.05) is 7.11 Å². The quantitative estimate of drug-likeness (QED) is 0.566. The van der Waals surface area contributed by atoms with E-state index in [4.69, 9.17) is 9.47 Å². The molecule has 0 spiro atoms. The first-order chi connectivity index (χ1) is 15.0. The Morgan fingerprint density at radius 2 is 1.84 bits per heavy atom. The predicted molar refractivity (Wildman–Crippen MR) is 121 cm³/mol. The van der Waals surface area contributed by atoms with Crippen molar-refractivity contribution in [1.82, 2.24) is 9.88 Å². The molecule has 1 aromatic heterocycles. The van der Waals surface area contributed by atoms with Crippen LogP contribution >= 0.6 is 0 Å². The second-order valence-corrected chi connectivity index (χ2v) is 7.27. The maximum atomic E-state index is 12.8. The first kappa shape index (κ1) is 22.2. The van der Waals surface area contributed by atoms with Crippen molar-refractivity contribution in [1.29, 1.82) is 0 Å². The molecular weight excluding hydrogens is 392 g/mol. The Bertz CT molecular complexity index is 1090. The number of nitrogens with zero attached hydrogens (tertiary/aromatic N) is 1. The van der Waals surface area contributed by atoms with Gasteiger partial charge >= 0.3 is 0 Å². The fraction of sp³-hybridized carbons (Fsp3) is 0.280. The number of aromatic nitrogens is 1. The molecule has 1 amide bonds. The largest absolute Gasteiger partial charge is 0.497 e. The van der Waals surface area contributed by atoms with Crippen LogP contribution in [0.2, 0.25) is 0 Å². The second kappa shape index (κ2) is 10.5. The maximum absolute atomic E-state index is 12.8. The van der Waals surface area contributed by atoms with Gasteiger partial charge in [-0.1, -0.05) is 43.3 Å². The van der Waals surface area contributed by atoms with Crippen LogP contribution in [0, 0.1) is 6.92 Å². The molecule has 0 aliphatic rings. The number of hydrogen-bond acceptors (Lipinski definition) is 4. The summed E-state index contributed by atoms with van der Waals surface area (Å²) in [6.45, 7) is 5.14. The Balaban J connectivity index is 1.88. The Morgan fingerprint density at radius 3 is 2.55 bits per heavy atom. The first-order valence-electron chi connectivity index (χ1n) is 10.4. The summed E-state index contributed by atoms with van der Waals surface area (Å²) in [5.74, 6) is 0.636. The lowest BCUT2D eigenvalue weighted by molar-refractivity contribution is 0.0949. The molecule has 0 unspecified atom stereocenters. The fourth-order valence-electron chi connectivity index (χ4n) is 3.44. The highest BCUT2D eigenvalue weighted by Crippen LogP contribution is 2.19. The molecule has 0 saturated carbocycles. The van der Waals surface area contributed by atoms with Gasteiger partial charge in [0.1, 0.15) is 12.4 Å². The molecule has 2 aromatic carbocycles. The summed E-state index contributed by atoms with van der Waals surface area (Å²) in [4.78, 5) is 25.5. The van der Waals surface area contributed by atoms with Crippen molar-refractivity contribution in [3.63, 3.8) is 0 Å². The molecule has 6 heteroatoms. The third kappa shape index (κ3) is 5.54. The van der Waals surface area contributed by atoms with Gasteiger partial charge in [0.25, 0.3) is 5.91 Å². The highest BCUT2D eigenvalue weighted by Gasteiger charge is 2.17. The van der Waals surface area contributed by atoms with E-state index < -0.39 is 0 Å². The zero-order valence-electron chi connectivity index (χ0n) is 18.2. The van der Waals surface area contributed by atoms with E-state index in [1.807, 2.05) is 41.8 Å². The van der Waals surface area contributed by atoms with E-state index in [1.165, 1.54) is 0 Å². The number of rotatable bonds is 9. The summed E-state index contributed by atoms with van der Waals surface area (Å²) in [6, 6.07) is 18.2. The predicted octanol–water partition coefficient (Wildman–Crippen LogP) is 4.08. The zero-order valence-corrected chi connectivity index (χ0v) is 18.2. The van der Waals surface area contributed by atoms with Crippen LogP contribution in [0.25, 0.3) is 0 Å². The average molecular weight is 421 g/mol. The normalized spacial score (nSPS) is 10.5. The van der Waals surface area contributed by atoms with E-state index in [0.717, 1.165) is 24.2 Å². The van der Waals surface area contributed by atoms with Crippen molar-refractivity contribution in [2.45, 2.75) is 40.0 Å². The van der Waals surface area contributed by atoms with Gasteiger partial charge in [0, 0.05) is 23.9 Å². The first-order valence-corrected chi connectivity index (χ1v) is 10.4. The number of benzene rings is 2. The third-order valence-corrected chi connectivity index (χ3v) is 5.00. The number of carbonyl (C=O) groups excluding carboxylic acids is 1. The van der Waals surface area contributed by atoms with Gasteiger partial charge in [-0.15, -0.1) is 0 Å². The smallest absolute Gasteiger partial charge is 0.251 e. The Labute approximate surface area is 182 Å². The van der Waals surface area contributed by atoms with Crippen molar-refractivity contribution < 1.29 is 14.3 Å². The average Bonchev–Trinajstić information content (AvgIpc) is 2.79. The molecule has 0 bridgehead atoms. The molecule has 0 atom stereocenters. The molecule has 3 aromatic rings. The number of nitrogens with one attached hydrogen (secondary N) is 1. The molecule has 1 heterocycles. The SMILES string of the molecule is CCCn1c(C)cc(=O)c(OCc2ccccc2)c1CNC(=O)c1cccc(OC)c1. The molecule has 6 nitrogen and oxygen atoms in total. The van der Waals surface area contributed by atoms with Crippen LogP contribution < -0.4 is 20.2 Å². The number of methoxy groups -OCH3 is 1. The summed E-state index contributed by atoms with van der Waals surface area (Å²) in [7, 11) is 1.56. The minimum atomic E-state index is -0.245. The van der Waals surface area contributed by atoms with E-state index in [0.29, 0.717) is 17.0 Å². The van der Waals surface area contributed by atoms with Gasteiger partial charge in [0.05, 0.1) is 19.3 Å². The minimum absolute atomic E-state index is 0.178. The van der Waals surface area contributed by atoms with Crippen LogP contribution in [0.1, 0.15) is 40.7 Å². The lowest BCUT2D eigenvalue weighted by Gasteiger charge is -2.20. The Kier molecular flexibility index (Phi) is 7.49. The van der Waals surface area contributed by atoms with E-state index in [-0.39, 0.29) is 30.2 Å². The van der Waals surface area contributed by atoms with E-state index >= 15 is 0 Å². The van der Waals surface area contributed by atoms with Crippen molar-refractivity contribution >= 4 is 5.91 Å². The van der Waals surface area contributed by atoms with Gasteiger partial charge in [-0.2, -0.15) is 0 Å². The maximum Gasteiger partial charge on any atom is 0.251 e. The summed E-state index contributed by atoms with van der Waals surface area (Å²) in [6.07, 6.45) is 0.888. The number of hydrogen-bond donors (Lipinski definition) is 1. The van der Waals surface area contributed by atoms with Crippen molar-refractivity contribution in [2.24, 2.45) is 0 Å². The number of amides is 1. The van der Waals surface area contributed by atoms with Crippen LogP contribution in [0.15, 0.2) is 65.5 Å².